The molecule has 1 fully saturated rings. The molecule has 1 amide bonds. The summed E-state index contributed by atoms with van der Waals surface area (Å²) < 4.78 is 66.6. The Morgan fingerprint density at radius 2 is 1.61 bits per heavy atom. The van der Waals surface area contributed by atoms with Crippen LogP contribution in [-0.2, 0) is 22.7 Å². The van der Waals surface area contributed by atoms with Gasteiger partial charge in [-0.15, -0.1) is 0 Å². The van der Waals surface area contributed by atoms with E-state index in [4.69, 9.17) is 0 Å². The van der Waals surface area contributed by atoms with E-state index in [2.05, 4.69) is 27.1 Å². The summed E-state index contributed by atoms with van der Waals surface area (Å²) in [6.07, 6.45) is -3.06. The predicted octanol–water partition coefficient (Wildman–Crippen LogP) is 4.90. The summed E-state index contributed by atoms with van der Waals surface area (Å²) in [5, 5.41) is 2.97. The Kier molecular flexibility index (Phi) is 7.65. The fourth-order valence-electron chi connectivity index (χ4n) is 4.12. The quantitative estimate of drug-likeness (QED) is 0.467. The Bertz CT molecular complexity index is 1310. The number of sulfonamides is 1. The molecule has 2 N–H and O–H groups in total. The minimum Gasteiger partial charge on any atom is -0.349 e. The number of amides is 1. The van der Waals surface area contributed by atoms with Crippen molar-refractivity contribution < 1.29 is 26.4 Å². The van der Waals surface area contributed by atoms with Gasteiger partial charge in [0.15, 0.2) is 0 Å². The van der Waals surface area contributed by atoms with Crippen LogP contribution in [-0.4, -0.2) is 38.4 Å². The van der Waals surface area contributed by atoms with Crippen molar-refractivity contribution in [1.29, 1.82) is 0 Å². The predicted molar refractivity (Wildman–Crippen MR) is 131 cm³/mol. The van der Waals surface area contributed by atoms with E-state index in [0.29, 0.717) is 0 Å². The first-order chi connectivity index (χ1) is 17.1. The van der Waals surface area contributed by atoms with Gasteiger partial charge in [0, 0.05) is 36.9 Å². The average Bonchev–Trinajstić information content (AvgIpc) is 2.85. The number of alkyl halides is 3. The lowest BCUT2D eigenvalue weighted by Gasteiger charge is -2.32. The minimum absolute atomic E-state index is 0.0342. The van der Waals surface area contributed by atoms with E-state index in [-0.39, 0.29) is 22.2 Å². The van der Waals surface area contributed by atoms with Crippen LogP contribution in [0.4, 0.5) is 18.9 Å². The molecular formula is C26H26F3N3O3S. The molecule has 1 saturated heterocycles. The Morgan fingerprint density at radius 3 is 2.31 bits per heavy atom. The summed E-state index contributed by atoms with van der Waals surface area (Å²) in [7, 11) is -4.21. The molecule has 3 aromatic rings. The van der Waals surface area contributed by atoms with Crippen LogP contribution in [0, 0.1) is 0 Å². The van der Waals surface area contributed by atoms with Gasteiger partial charge in [-0.1, -0.05) is 42.5 Å². The van der Waals surface area contributed by atoms with E-state index in [1.54, 1.807) is 0 Å². The second-order valence-electron chi connectivity index (χ2n) is 8.72. The number of hydrogen-bond acceptors (Lipinski definition) is 4. The molecule has 3 aromatic carbocycles. The molecule has 1 aliphatic heterocycles. The standard InChI is InChI=1S/C26H26F3N3O3S/c27-26(28,29)21-9-5-10-23(17-21)31-36(34,35)24-11-4-8-20(16-24)25(33)30-22-12-14-32(15-13-22)18-19-6-2-1-3-7-19/h1-11,16-17,22,31H,12-15,18H2,(H,30,33). The highest BCUT2D eigenvalue weighted by molar-refractivity contribution is 7.92. The summed E-state index contributed by atoms with van der Waals surface area (Å²) in [6, 6.07) is 19.5. The molecule has 36 heavy (non-hydrogen) atoms. The molecule has 0 aromatic heterocycles. The highest BCUT2D eigenvalue weighted by Crippen LogP contribution is 2.31. The number of hydrogen-bond donors (Lipinski definition) is 2. The van der Waals surface area contributed by atoms with Crippen molar-refractivity contribution in [3.8, 4) is 0 Å². The number of nitrogens with zero attached hydrogens (tertiary/aromatic N) is 1. The van der Waals surface area contributed by atoms with Gasteiger partial charge in [0.05, 0.1) is 10.5 Å². The molecule has 0 saturated carbocycles. The summed E-state index contributed by atoms with van der Waals surface area (Å²) in [5.41, 5.74) is 0.206. The summed E-state index contributed by atoms with van der Waals surface area (Å²) in [6.45, 7) is 2.50. The number of likely N-dealkylation sites (tertiary alicyclic amines) is 1. The fourth-order valence-corrected chi connectivity index (χ4v) is 5.22. The van der Waals surface area contributed by atoms with Crippen LogP contribution in [0.3, 0.4) is 0 Å². The number of nitrogens with one attached hydrogen (secondary N) is 2. The Morgan fingerprint density at radius 1 is 0.917 bits per heavy atom. The number of carbonyl (C=O) groups excluding carboxylic acids is 1. The molecule has 6 nitrogen and oxygen atoms in total. The zero-order valence-corrected chi connectivity index (χ0v) is 20.1. The highest BCUT2D eigenvalue weighted by atomic mass is 32.2. The van der Waals surface area contributed by atoms with Gasteiger partial charge in [0.2, 0.25) is 0 Å². The molecule has 10 heteroatoms. The molecule has 0 unspecified atom stereocenters. The van der Waals surface area contributed by atoms with Crippen molar-refractivity contribution in [2.45, 2.75) is 36.5 Å². The van der Waals surface area contributed by atoms with Gasteiger partial charge in [-0.25, -0.2) is 8.42 Å². The van der Waals surface area contributed by atoms with E-state index >= 15 is 0 Å². The van der Waals surface area contributed by atoms with Crippen LogP contribution < -0.4 is 10.0 Å². The first kappa shape index (κ1) is 25.7. The fraction of sp³-hybridized carbons (Fsp3) is 0.269. The maximum absolute atomic E-state index is 13.0. The zero-order valence-electron chi connectivity index (χ0n) is 19.3. The average molecular weight is 518 g/mol. The van der Waals surface area contributed by atoms with E-state index in [1.165, 1.54) is 35.9 Å². The van der Waals surface area contributed by atoms with Gasteiger partial charge >= 0.3 is 6.18 Å². The lowest BCUT2D eigenvalue weighted by molar-refractivity contribution is -0.137. The maximum Gasteiger partial charge on any atom is 0.416 e. The Hall–Kier alpha value is -3.37. The third kappa shape index (κ3) is 6.64. The molecule has 0 radical (unpaired) electrons. The maximum atomic E-state index is 13.0. The van der Waals surface area contributed by atoms with Gasteiger partial charge < -0.3 is 5.32 Å². The van der Waals surface area contributed by atoms with Crippen LogP contribution in [0.25, 0.3) is 0 Å². The molecule has 0 spiro atoms. The Balaban J connectivity index is 1.37. The number of piperidine rings is 1. The third-order valence-corrected chi connectivity index (χ3v) is 7.40. The number of rotatable bonds is 7. The number of carbonyl (C=O) groups is 1. The van der Waals surface area contributed by atoms with Crippen LogP contribution in [0.15, 0.2) is 83.8 Å². The zero-order chi connectivity index (χ0) is 25.8. The van der Waals surface area contributed by atoms with Crippen molar-refractivity contribution in [2.24, 2.45) is 0 Å². The number of anilines is 1. The molecular weight excluding hydrogens is 491 g/mol. The first-order valence-corrected chi connectivity index (χ1v) is 13.0. The van der Waals surface area contributed by atoms with Crippen molar-refractivity contribution in [2.75, 3.05) is 17.8 Å². The van der Waals surface area contributed by atoms with Crippen LogP contribution in [0.5, 0.6) is 0 Å². The van der Waals surface area contributed by atoms with Crippen LogP contribution in [0.2, 0.25) is 0 Å². The Labute approximate surface area is 208 Å². The van der Waals surface area contributed by atoms with E-state index < -0.39 is 27.7 Å². The second-order valence-corrected chi connectivity index (χ2v) is 10.4. The van der Waals surface area contributed by atoms with Crippen molar-refractivity contribution in [3.05, 3.63) is 95.6 Å². The van der Waals surface area contributed by atoms with Gasteiger partial charge in [-0.2, -0.15) is 13.2 Å². The van der Waals surface area contributed by atoms with Gasteiger partial charge in [0.1, 0.15) is 0 Å². The molecule has 0 bridgehead atoms. The number of benzene rings is 3. The molecule has 0 aliphatic carbocycles. The summed E-state index contributed by atoms with van der Waals surface area (Å²) in [4.78, 5) is 14.9. The molecule has 190 valence electrons. The van der Waals surface area contributed by atoms with Crippen LogP contribution >= 0.6 is 0 Å². The van der Waals surface area contributed by atoms with E-state index in [1.807, 2.05) is 18.2 Å². The van der Waals surface area contributed by atoms with Crippen LogP contribution in [0.1, 0.15) is 34.3 Å². The SMILES string of the molecule is O=C(NC1CCN(Cc2ccccc2)CC1)c1cccc(S(=O)(=O)Nc2cccc(C(F)(F)F)c2)c1. The highest BCUT2D eigenvalue weighted by Gasteiger charge is 2.31. The summed E-state index contributed by atoms with van der Waals surface area (Å²) >= 11 is 0. The topological polar surface area (TPSA) is 78.5 Å². The number of halogens is 3. The van der Waals surface area contributed by atoms with Gasteiger partial charge in [-0.05, 0) is 54.8 Å². The van der Waals surface area contributed by atoms with Crippen molar-refractivity contribution in [1.82, 2.24) is 10.2 Å². The largest absolute Gasteiger partial charge is 0.416 e. The normalized spacial score (nSPS) is 15.4. The van der Waals surface area contributed by atoms with E-state index in [9.17, 15) is 26.4 Å². The monoisotopic (exact) mass is 517 g/mol. The third-order valence-electron chi connectivity index (χ3n) is 6.02. The van der Waals surface area contributed by atoms with E-state index in [0.717, 1.165) is 50.7 Å². The van der Waals surface area contributed by atoms with Crippen molar-refractivity contribution in [3.63, 3.8) is 0 Å². The minimum atomic E-state index is -4.60. The molecule has 1 heterocycles. The first-order valence-electron chi connectivity index (χ1n) is 11.5. The summed E-state index contributed by atoms with van der Waals surface area (Å²) in [5.74, 6) is -0.396. The molecule has 0 atom stereocenters. The lowest BCUT2D eigenvalue weighted by atomic mass is 10.0. The van der Waals surface area contributed by atoms with Gasteiger partial charge in [-0.3, -0.25) is 14.4 Å². The smallest absolute Gasteiger partial charge is 0.349 e. The second kappa shape index (κ2) is 10.7. The van der Waals surface area contributed by atoms with Gasteiger partial charge in [0.25, 0.3) is 15.9 Å². The lowest BCUT2D eigenvalue weighted by Crippen LogP contribution is -2.44. The molecule has 1 aliphatic rings. The molecule has 4 rings (SSSR count). The van der Waals surface area contributed by atoms with Crippen molar-refractivity contribution >= 4 is 21.6 Å².